The Hall–Kier alpha value is -2.03. The predicted octanol–water partition coefficient (Wildman–Crippen LogP) is 3.63. The van der Waals surface area contributed by atoms with Gasteiger partial charge < -0.3 is 10.4 Å². The van der Waals surface area contributed by atoms with Gasteiger partial charge in [0.15, 0.2) is 11.6 Å². The number of fused-ring (bicyclic) bond motifs is 1. The SMILES string of the molecule is Oc1c(F)cccc1CNc1ccc2c(c1)CCC2. The minimum Gasteiger partial charge on any atom is -0.505 e. The van der Waals surface area contributed by atoms with Crippen LogP contribution in [-0.2, 0) is 19.4 Å². The van der Waals surface area contributed by atoms with Gasteiger partial charge in [0.25, 0.3) is 0 Å². The first-order valence-electron chi connectivity index (χ1n) is 6.56. The summed E-state index contributed by atoms with van der Waals surface area (Å²) in [5.74, 6) is -0.843. The molecule has 0 radical (unpaired) electrons. The number of aryl methyl sites for hydroxylation is 2. The van der Waals surface area contributed by atoms with Crippen molar-refractivity contribution >= 4 is 5.69 Å². The molecule has 0 bridgehead atoms. The van der Waals surface area contributed by atoms with Crippen LogP contribution in [0.5, 0.6) is 5.75 Å². The number of phenols is 1. The highest BCUT2D eigenvalue weighted by Gasteiger charge is 2.11. The number of para-hydroxylation sites is 1. The number of hydrogen-bond acceptors (Lipinski definition) is 2. The standard InChI is InChI=1S/C16H16FNO/c17-15-6-2-5-13(16(15)19)10-18-14-8-7-11-3-1-4-12(11)9-14/h2,5-9,18-19H,1,3-4,10H2. The average molecular weight is 257 g/mol. The Morgan fingerprint density at radius 2 is 1.95 bits per heavy atom. The average Bonchev–Trinajstić information content (AvgIpc) is 2.88. The van der Waals surface area contributed by atoms with Crippen molar-refractivity contribution in [3.05, 3.63) is 58.9 Å². The van der Waals surface area contributed by atoms with E-state index in [4.69, 9.17) is 0 Å². The minimum atomic E-state index is -0.576. The number of benzene rings is 2. The van der Waals surface area contributed by atoms with Crippen molar-refractivity contribution < 1.29 is 9.50 Å². The van der Waals surface area contributed by atoms with Crippen LogP contribution in [0.15, 0.2) is 36.4 Å². The maximum atomic E-state index is 13.2. The number of hydrogen-bond donors (Lipinski definition) is 2. The van der Waals surface area contributed by atoms with Crippen molar-refractivity contribution in [1.82, 2.24) is 0 Å². The Balaban J connectivity index is 1.74. The summed E-state index contributed by atoms with van der Waals surface area (Å²) in [5.41, 5.74) is 4.41. The first-order chi connectivity index (χ1) is 9.24. The molecule has 2 N–H and O–H groups in total. The lowest BCUT2D eigenvalue weighted by atomic mass is 10.1. The van der Waals surface area contributed by atoms with E-state index in [2.05, 4.69) is 17.4 Å². The van der Waals surface area contributed by atoms with Crippen LogP contribution in [0, 0.1) is 5.82 Å². The van der Waals surface area contributed by atoms with Gasteiger partial charge in [0.1, 0.15) is 0 Å². The molecule has 19 heavy (non-hydrogen) atoms. The zero-order valence-electron chi connectivity index (χ0n) is 10.6. The molecule has 3 rings (SSSR count). The van der Waals surface area contributed by atoms with Crippen molar-refractivity contribution in [1.29, 1.82) is 0 Å². The van der Waals surface area contributed by atoms with Crippen LogP contribution in [-0.4, -0.2) is 5.11 Å². The normalized spacial score (nSPS) is 13.3. The van der Waals surface area contributed by atoms with Gasteiger partial charge in [0, 0.05) is 17.8 Å². The summed E-state index contributed by atoms with van der Waals surface area (Å²) in [7, 11) is 0. The Morgan fingerprint density at radius 1 is 1.11 bits per heavy atom. The van der Waals surface area contributed by atoms with Gasteiger partial charge in [-0.3, -0.25) is 0 Å². The fraction of sp³-hybridized carbons (Fsp3) is 0.250. The Labute approximate surface area is 111 Å². The largest absolute Gasteiger partial charge is 0.505 e. The zero-order chi connectivity index (χ0) is 13.2. The molecule has 0 heterocycles. The molecule has 1 aliphatic carbocycles. The van der Waals surface area contributed by atoms with Crippen molar-refractivity contribution in [2.24, 2.45) is 0 Å². The van der Waals surface area contributed by atoms with E-state index in [-0.39, 0.29) is 5.75 Å². The lowest BCUT2D eigenvalue weighted by Gasteiger charge is -2.10. The second kappa shape index (κ2) is 4.92. The summed E-state index contributed by atoms with van der Waals surface area (Å²) >= 11 is 0. The summed E-state index contributed by atoms with van der Waals surface area (Å²) in [6.45, 7) is 0.419. The molecule has 2 aromatic rings. The number of halogens is 1. The fourth-order valence-corrected chi connectivity index (χ4v) is 2.58. The molecule has 0 saturated heterocycles. The third kappa shape index (κ3) is 2.41. The molecular formula is C16H16FNO. The van der Waals surface area contributed by atoms with Gasteiger partial charge in [-0.15, -0.1) is 0 Å². The molecule has 1 aliphatic rings. The predicted molar refractivity (Wildman–Crippen MR) is 73.9 cm³/mol. The first-order valence-corrected chi connectivity index (χ1v) is 6.56. The molecule has 0 aromatic heterocycles. The Bertz CT molecular complexity index is 610. The molecule has 0 saturated carbocycles. The molecule has 0 amide bonds. The van der Waals surface area contributed by atoms with E-state index in [1.54, 1.807) is 12.1 Å². The van der Waals surface area contributed by atoms with Crippen LogP contribution in [0.2, 0.25) is 0 Å². The van der Waals surface area contributed by atoms with Gasteiger partial charge in [0.05, 0.1) is 0 Å². The van der Waals surface area contributed by atoms with Crippen LogP contribution in [0.4, 0.5) is 10.1 Å². The fourth-order valence-electron chi connectivity index (χ4n) is 2.58. The van der Waals surface area contributed by atoms with Crippen LogP contribution in [0.3, 0.4) is 0 Å². The van der Waals surface area contributed by atoms with Crippen molar-refractivity contribution in [2.45, 2.75) is 25.8 Å². The van der Waals surface area contributed by atoms with E-state index < -0.39 is 5.82 Å². The second-order valence-electron chi connectivity index (χ2n) is 4.94. The highest BCUT2D eigenvalue weighted by molar-refractivity contribution is 5.51. The van der Waals surface area contributed by atoms with Gasteiger partial charge >= 0.3 is 0 Å². The van der Waals surface area contributed by atoms with Crippen LogP contribution >= 0.6 is 0 Å². The van der Waals surface area contributed by atoms with Gasteiger partial charge in [-0.25, -0.2) is 4.39 Å². The van der Waals surface area contributed by atoms with E-state index in [1.165, 1.54) is 30.0 Å². The van der Waals surface area contributed by atoms with Crippen LogP contribution in [0.1, 0.15) is 23.1 Å². The lowest BCUT2D eigenvalue weighted by molar-refractivity contribution is 0.427. The third-order valence-electron chi connectivity index (χ3n) is 3.65. The number of rotatable bonds is 3. The molecule has 98 valence electrons. The summed E-state index contributed by atoms with van der Waals surface area (Å²) in [4.78, 5) is 0. The highest BCUT2D eigenvalue weighted by Crippen LogP contribution is 2.26. The monoisotopic (exact) mass is 257 g/mol. The van der Waals surface area contributed by atoms with E-state index >= 15 is 0 Å². The maximum absolute atomic E-state index is 13.2. The van der Waals surface area contributed by atoms with Crippen LogP contribution in [0.25, 0.3) is 0 Å². The number of nitrogens with one attached hydrogen (secondary N) is 1. The van der Waals surface area contributed by atoms with E-state index in [0.717, 1.165) is 12.1 Å². The van der Waals surface area contributed by atoms with Gasteiger partial charge in [-0.2, -0.15) is 0 Å². The zero-order valence-corrected chi connectivity index (χ0v) is 10.6. The molecule has 0 unspecified atom stereocenters. The maximum Gasteiger partial charge on any atom is 0.165 e. The highest BCUT2D eigenvalue weighted by atomic mass is 19.1. The van der Waals surface area contributed by atoms with E-state index in [9.17, 15) is 9.50 Å². The lowest BCUT2D eigenvalue weighted by Crippen LogP contribution is -2.01. The third-order valence-corrected chi connectivity index (χ3v) is 3.65. The summed E-state index contributed by atoms with van der Waals surface area (Å²) < 4.78 is 13.2. The molecule has 0 atom stereocenters. The molecular weight excluding hydrogens is 241 g/mol. The van der Waals surface area contributed by atoms with Gasteiger partial charge in [-0.1, -0.05) is 18.2 Å². The Morgan fingerprint density at radius 3 is 2.84 bits per heavy atom. The van der Waals surface area contributed by atoms with E-state index in [0.29, 0.717) is 12.1 Å². The summed E-state index contributed by atoms with van der Waals surface area (Å²) in [6.07, 6.45) is 3.53. The molecule has 0 aliphatic heterocycles. The molecule has 3 heteroatoms. The van der Waals surface area contributed by atoms with Gasteiger partial charge in [-0.05, 0) is 48.6 Å². The second-order valence-corrected chi connectivity index (χ2v) is 4.94. The van der Waals surface area contributed by atoms with Crippen molar-refractivity contribution in [2.75, 3.05) is 5.32 Å². The molecule has 0 spiro atoms. The number of aromatic hydroxyl groups is 1. The minimum absolute atomic E-state index is 0.267. The van der Waals surface area contributed by atoms with Crippen molar-refractivity contribution in [3.63, 3.8) is 0 Å². The number of phenolic OH excluding ortho intramolecular Hbond substituents is 1. The topological polar surface area (TPSA) is 32.3 Å². The molecule has 2 aromatic carbocycles. The molecule has 0 fully saturated rings. The van der Waals surface area contributed by atoms with Crippen molar-refractivity contribution in [3.8, 4) is 5.75 Å². The first kappa shape index (κ1) is 12.0. The summed E-state index contributed by atoms with van der Waals surface area (Å²) in [6, 6.07) is 10.9. The quantitative estimate of drug-likeness (QED) is 0.880. The Kier molecular flexibility index (Phi) is 3.11. The number of anilines is 1. The van der Waals surface area contributed by atoms with E-state index in [1.807, 2.05) is 6.07 Å². The summed E-state index contributed by atoms with van der Waals surface area (Å²) in [5, 5.41) is 12.8. The van der Waals surface area contributed by atoms with Crippen LogP contribution < -0.4 is 5.32 Å². The molecule has 2 nitrogen and oxygen atoms in total. The smallest absolute Gasteiger partial charge is 0.165 e. The van der Waals surface area contributed by atoms with Gasteiger partial charge in [0.2, 0.25) is 0 Å².